The topological polar surface area (TPSA) is 113 Å². The van der Waals surface area contributed by atoms with Crippen molar-refractivity contribution in [2.24, 2.45) is 56.7 Å². The maximum absolute atomic E-state index is 13.1. The van der Waals surface area contributed by atoms with Crippen molar-refractivity contribution < 1.29 is 27.9 Å². The van der Waals surface area contributed by atoms with Crippen LogP contribution in [0.1, 0.15) is 132 Å². The number of nitrogens with zero attached hydrogens (tertiary/aromatic N) is 1. The van der Waals surface area contributed by atoms with Gasteiger partial charge in [0, 0.05) is 36.6 Å². The van der Waals surface area contributed by atoms with Gasteiger partial charge in [0.25, 0.3) is 0 Å². The summed E-state index contributed by atoms with van der Waals surface area (Å²) in [7, 11) is -2.92. The van der Waals surface area contributed by atoms with Crippen LogP contribution >= 0.6 is 11.8 Å². The number of sulfone groups is 1. The molecule has 5 aliphatic carbocycles. The fourth-order valence-corrected chi connectivity index (χ4v) is 16.1. The lowest BCUT2D eigenvalue weighted by molar-refractivity contribution is -0.246. The van der Waals surface area contributed by atoms with E-state index in [-0.39, 0.29) is 57.2 Å². The van der Waals surface area contributed by atoms with Crippen molar-refractivity contribution in [3.63, 3.8) is 0 Å². The van der Waals surface area contributed by atoms with Gasteiger partial charge in [0.15, 0.2) is 9.84 Å². The summed E-state index contributed by atoms with van der Waals surface area (Å²) in [6.07, 6.45) is 14.5. The van der Waals surface area contributed by atoms with Crippen LogP contribution < -0.4 is 5.32 Å². The molecule has 0 amide bonds. The van der Waals surface area contributed by atoms with E-state index in [1.807, 2.05) is 11.8 Å². The summed E-state index contributed by atoms with van der Waals surface area (Å²) >= 11 is 1.89. The largest absolute Gasteiger partial charge is 0.481 e. The summed E-state index contributed by atoms with van der Waals surface area (Å²) < 4.78 is 30.9. The van der Waals surface area contributed by atoms with Gasteiger partial charge in [-0.2, -0.15) is 11.8 Å². The molecule has 1 heterocycles. The highest BCUT2D eigenvalue weighted by Crippen LogP contribution is 2.76. The third-order valence-electron chi connectivity index (χ3n) is 17.7. The zero-order chi connectivity index (χ0) is 39.7. The summed E-state index contributed by atoms with van der Waals surface area (Å²) in [6.45, 7) is 24.9. The Morgan fingerprint density at radius 1 is 0.944 bits per heavy atom. The molecule has 8 nitrogen and oxygen atoms in total. The normalized spacial score (nSPS) is 42.1. The number of allylic oxidation sites excluding steroid dienone is 1. The van der Waals surface area contributed by atoms with Crippen LogP contribution in [0.2, 0.25) is 0 Å². The monoisotopic (exact) mass is 790 g/mol. The Labute approximate surface area is 332 Å². The number of thioether (sulfide) groups is 1. The molecule has 0 aromatic carbocycles. The minimum atomic E-state index is -2.92. The van der Waals surface area contributed by atoms with Crippen LogP contribution in [0.4, 0.5) is 0 Å². The summed E-state index contributed by atoms with van der Waals surface area (Å²) in [6, 6.07) is 0.352. The van der Waals surface area contributed by atoms with Crippen molar-refractivity contribution >= 4 is 33.5 Å². The fraction of sp³-hybridized carbons (Fsp3) is 0.909. The zero-order valence-electron chi connectivity index (χ0n) is 35.2. The third-order valence-corrected chi connectivity index (χ3v) is 19.9. The van der Waals surface area contributed by atoms with E-state index in [4.69, 9.17) is 4.74 Å². The van der Waals surface area contributed by atoms with Crippen LogP contribution in [0.25, 0.3) is 0 Å². The van der Waals surface area contributed by atoms with Gasteiger partial charge in [-0.25, -0.2) is 8.42 Å². The van der Waals surface area contributed by atoms with Crippen molar-refractivity contribution in [1.29, 1.82) is 0 Å². The molecule has 0 radical (unpaired) electrons. The molecule has 0 bridgehead atoms. The number of carbonyl (C=O) groups excluding carboxylic acids is 1. The number of fused-ring (bicyclic) bond motifs is 7. The first-order valence-electron chi connectivity index (χ1n) is 21.3. The zero-order valence-corrected chi connectivity index (χ0v) is 36.9. The molecular weight excluding hydrogens is 717 g/mol. The van der Waals surface area contributed by atoms with Crippen LogP contribution in [-0.2, 0) is 24.2 Å². The SMILES string of the molecule is C=C(C)[C@@H]1CC[C@]2(NC[C@@H](CCSC)N3CCS(=O)(=O)CC3)CC[C@]3(C)[C@H](CC[C@@H]4[C@@]5(C)CC[C@H](OC(=O)CC(C)(C)C(=O)O)C(C)(C)[C@@H]5CC[C@]43C)[C@@H]12. The second-order valence-corrected chi connectivity index (χ2v) is 24.3. The molecule has 1 saturated heterocycles. The Kier molecular flexibility index (Phi) is 11.8. The number of hydrogen-bond donors (Lipinski definition) is 2. The number of hydrogen-bond acceptors (Lipinski definition) is 8. The predicted molar refractivity (Wildman–Crippen MR) is 220 cm³/mol. The molecule has 11 atom stereocenters. The molecule has 6 fully saturated rings. The molecule has 2 N–H and O–H groups in total. The Balaban J connectivity index is 1.23. The molecule has 6 aliphatic rings. The summed E-state index contributed by atoms with van der Waals surface area (Å²) in [5.74, 6) is 3.02. The highest BCUT2D eigenvalue weighted by atomic mass is 32.2. The van der Waals surface area contributed by atoms with Gasteiger partial charge in [-0.3, -0.25) is 14.5 Å². The lowest BCUT2D eigenvalue weighted by Crippen LogP contribution is -2.69. The van der Waals surface area contributed by atoms with Crippen molar-refractivity contribution in [3.8, 4) is 0 Å². The first-order valence-corrected chi connectivity index (χ1v) is 24.6. The number of esters is 1. The molecule has 0 spiro atoms. The van der Waals surface area contributed by atoms with E-state index in [0.717, 1.165) is 38.0 Å². The average Bonchev–Trinajstić information content (AvgIpc) is 3.47. The maximum Gasteiger partial charge on any atom is 0.309 e. The van der Waals surface area contributed by atoms with Crippen molar-refractivity contribution in [2.45, 2.75) is 150 Å². The number of aliphatic carboxylic acids is 1. The molecule has 1 aliphatic heterocycles. The smallest absolute Gasteiger partial charge is 0.309 e. The van der Waals surface area contributed by atoms with Crippen LogP contribution in [0.3, 0.4) is 0 Å². The van der Waals surface area contributed by atoms with Gasteiger partial charge in [-0.1, -0.05) is 46.8 Å². The van der Waals surface area contributed by atoms with Gasteiger partial charge in [-0.15, -0.1) is 0 Å². The quantitative estimate of drug-likeness (QED) is 0.149. The Morgan fingerprint density at radius 3 is 2.26 bits per heavy atom. The molecule has 0 aromatic heterocycles. The Morgan fingerprint density at radius 2 is 1.63 bits per heavy atom. The number of carbonyl (C=O) groups is 2. The summed E-state index contributed by atoms with van der Waals surface area (Å²) in [5.41, 5.74) is 0.677. The number of ether oxygens (including phenoxy) is 1. The van der Waals surface area contributed by atoms with Crippen LogP contribution in [-0.4, -0.2) is 91.2 Å². The summed E-state index contributed by atoms with van der Waals surface area (Å²) in [5, 5.41) is 14.0. The Hall–Kier alpha value is -1.10. The van der Waals surface area contributed by atoms with Gasteiger partial charge in [-0.05, 0) is 149 Å². The Bertz CT molecular complexity index is 1550. The van der Waals surface area contributed by atoms with Crippen LogP contribution in [0, 0.1) is 56.7 Å². The van der Waals surface area contributed by atoms with E-state index >= 15 is 0 Å². The van der Waals surface area contributed by atoms with Crippen molar-refractivity contribution in [3.05, 3.63) is 12.2 Å². The van der Waals surface area contributed by atoms with Crippen molar-refractivity contribution in [1.82, 2.24) is 10.2 Å². The van der Waals surface area contributed by atoms with Gasteiger partial charge >= 0.3 is 11.9 Å². The number of carboxylic acids is 1. The molecule has 308 valence electrons. The fourth-order valence-electron chi connectivity index (χ4n) is 14.4. The van der Waals surface area contributed by atoms with Crippen LogP contribution in [0.5, 0.6) is 0 Å². The van der Waals surface area contributed by atoms with E-state index < -0.39 is 21.2 Å². The minimum absolute atomic E-state index is 0.0939. The molecule has 54 heavy (non-hydrogen) atoms. The second kappa shape index (κ2) is 14.9. The van der Waals surface area contributed by atoms with E-state index in [1.165, 1.54) is 50.5 Å². The van der Waals surface area contributed by atoms with E-state index in [2.05, 4.69) is 64.6 Å². The predicted octanol–water partition coefficient (Wildman–Crippen LogP) is 8.25. The first kappa shape index (κ1) is 42.5. The molecule has 0 aromatic rings. The molecule has 10 heteroatoms. The van der Waals surface area contributed by atoms with Gasteiger partial charge in [0.2, 0.25) is 0 Å². The molecule has 0 unspecified atom stereocenters. The minimum Gasteiger partial charge on any atom is -0.481 e. The first-order chi connectivity index (χ1) is 25.1. The highest BCUT2D eigenvalue weighted by molar-refractivity contribution is 7.98. The molecule has 5 saturated carbocycles. The maximum atomic E-state index is 13.1. The highest BCUT2D eigenvalue weighted by Gasteiger charge is 2.71. The third kappa shape index (κ3) is 7.18. The average molecular weight is 791 g/mol. The van der Waals surface area contributed by atoms with Gasteiger partial charge in [0.05, 0.1) is 23.3 Å². The standard InChI is InChI=1S/C44H74N2O6S2/c1-29(2)31-13-19-44(45-28-30(16-24-53-10)46-22-25-54(50,51)26-23-46)21-20-42(8)32(37(31)44)11-12-34-41(7)17-15-35(52-36(47)27-39(3,4)38(48)49)40(5,6)33(41)14-18-43(34,42)9/h30-35,37,45H,1,11-28H2,2-10H3,(H,48,49)/t30-,31+,32-,33+,34-,35+,37-,41+,42-,43-,44+/m1/s1. The van der Waals surface area contributed by atoms with E-state index in [9.17, 15) is 23.1 Å². The van der Waals surface area contributed by atoms with E-state index in [0.29, 0.717) is 48.7 Å². The van der Waals surface area contributed by atoms with Crippen molar-refractivity contribution in [2.75, 3.05) is 43.1 Å². The number of rotatable bonds is 12. The lowest BCUT2D eigenvalue weighted by Gasteiger charge is -2.73. The summed E-state index contributed by atoms with van der Waals surface area (Å²) in [4.78, 5) is 27.4. The number of nitrogens with one attached hydrogen (secondary N) is 1. The number of carboxylic acid groups (broad SMARTS) is 1. The van der Waals surface area contributed by atoms with Gasteiger partial charge in [0.1, 0.15) is 6.10 Å². The lowest BCUT2D eigenvalue weighted by atomic mass is 9.32. The second-order valence-electron chi connectivity index (χ2n) is 21.1. The van der Waals surface area contributed by atoms with Gasteiger partial charge < -0.3 is 15.2 Å². The molecular formula is C44H74N2O6S2. The van der Waals surface area contributed by atoms with E-state index in [1.54, 1.807) is 13.8 Å². The molecule has 6 rings (SSSR count). The van der Waals surface area contributed by atoms with Crippen LogP contribution in [0.15, 0.2) is 12.2 Å².